The lowest BCUT2D eigenvalue weighted by Crippen LogP contribution is -1.93. The van der Waals surface area contributed by atoms with E-state index < -0.39 is 0 Å². The molecule has 2 heterocycles. The fraction of sp³-hybridized carbons (Fsp3) is 0.0556. The minimum atomic E-state index is -0.310. The lowest BCUT2D eigenvalue weighted by Gasteiger charge is -2.09. The van der Waals surface area contributed by atoms with E-state index in [0.717, 1.165) is 11.1 Å². The SMILES string of the molecule is Cc1ccc2cc(Oc3nc4ccccc4nc3O)cc(O)c2n1. The second-order valence-electron chi connectivity index (χ2n) is 5.41. The monoisotopic (exact) mass is 319 g/mol. The Balaban J connectivity index is 1.79. The molecule has 0 aliphatic rings. The molecule has 0 spiro atoms. The van der Waals surface area contributed by atoms with Crippen molar-refractivity contribution in [2.24, 2.45) is 0 Å². The number of rotatable bonds is 2. The number of fused-ring (bicyclic) bond motifs is 2. The van der Waals surface area contributed by atoms with Crippen LogP contribution < -0.4 is 4.74 Å². The van der Waals surface area contributed by atoms with Crippen LogP contribution in [0.5, 0.6) is 23.3 Å². The number of hydrogen-bond acceptors (Lipinski definition) is 6. The zero-order chi connectivity index (χ0) is 16.7. The van der Waals surface area contributed by atoms with Crippen LogP contribution in [0.1, 0.15) is 5.69 Å². The second-order valence-corrected chi connectivity index (χ2v) is 5.41. The molecule has 4 rings (SSSR count). The number of para-hydroxylation sites is 2. The van der Waals surface area contributed by atoms with Gasteiger partial charge in [-0.3, -0.25) is 0 Å². The van der Waals surface area contributed by atoms with E-state index in [9.17, 15) is 10.2 Å². The number of ether oxygens (including phenoxy) is 1. The molecule has 24 heavy (non-hydrogen) atoms. The highest BCUT2D eigenvalue weighted by molar-refractivity contribution is 5.86. The molecular weight excluding hydrogens is 306 g/mol. The smallest absolute Gasteiger partial charge is 0.284 e. The van der Waals surface area contributed by atoms with Gasteiger partial charge in [-0.05, 0) is 31.2 Å². The fourth-order valence-corrected chi connectivity index (χ4v) is 2.50. The van der Waals surface area contributed by atoms with Crippen LogP contribution in [0.2, 0.25) is 0 Å². The van der Waals surface area contributed by atoms with Crippen molar-refractivity contribution in [1.29, 1.82) is 0 Å². The lowest BCUT2D eigenvalue weighted by molar-refractivity contribution is 0.384. The van der Waals surface area contributed by atoms with Gasteiger partial charge < -0.3 is 14.9 Å². The molecule has 0 unspecified atom stereocenters. The van der Waals surface area contributed by atoms with E-state index in [1.807, 2.05) is 31.2 Å². The second kappa shape index (κ2) is 5.34. The Bertz CT molecular complexity index is 1080. The number of hydrogen-bond donors (Lipinski definition) is 2. The van der Waals surface area contributed by atoms with Crippen LogP contribution in [0.25, 0.3) is 21.9 Å². The Kier molecular flexibility index (Phi) is 3.16. The van der Waals surface area contributed by atoms with Crippen LogP contribution in [0, 0.1) is 6.92 Å². The number of pyridine rings is 1. The molecule has 2 aromatic carbocycles. The highest BCUT2D eigenvalue weighted by Gasteiger charge is 2.12. The first-order chi connectivity index (χ1) is 11.6. The Morgan fingerprint density at radius 2 is 1.62 bits per heavy atom. The van der Waals surface area contributed by atoms with Crippen molar-refractivity contribution >= 4 is 21.9 Å². The van der Waals surface area contributed by atoms with E-state index in [2.05, 4.69) is 15.0 Å². The van der Waals surface area contributed by atoms with Crippen LogP contribution >= 0.6 is 0 Å². The Morgan fingerprint density at radius 1 is 0.875 bits per heavy atom. The van der Waals surface area contributed by atoms with Gasteiger partial charge in [0.1, 0.15) is 17.0 Å². The van der Waals surface area contributed by atoms with E-state index in [4.69, 9.17) is 4.74 Å². The molecular formula is C18H13N3O3. The van der Waals surface area contributed by atoms with Crippen LogP contribution in [-0.2, 0) is 0 Å². The zero-order valence-electron chi connectivity index (χ0n) is 12.8. The van der Waals surface area contributed by atoms with E-state index in [0.29, 0.717) is 22.3 Å². The molecule has 6 nitrogen and oxygen atoms in total. The molecule has 0 aliphatic carbocycles. The number of nitrogens with zero attached hydrogens (tertiary/aromatic N) is 3. The molecule has 6 heteroatoms. The predicted octanol–water partition coefficient (Wildman–Crippen LogP) is 3.69. The lowest BCUT2D eigenvalue weighted by atomic mass is 10.2. The topological polar surface area (TPSA) is 88.4 Å². The first kappa shape index (κ1) is 14.2. The fourth-order valence-electron chi connectivity index (χ4n) is 2.50. The average Bonchev–Trinajstić information content (AvgIpc) is 2.56. The van der Waals surface area contributed by atoms with Crippen molar-refractivity contribution < 1.29 is 14.9 Å². The molecule has 0 radical (unpaired) electrons. The summed E-state index contributed by atoms with van der Waals surface area (Å²) in [4.78, 5) is 12.6. The average molecular weight is 319 g/mol. The summed E-state index contributed by atoms with van der Waals surface area (Å²) in [5.74, 6) is 0.00723. The third-order valence-electron chi connectivity index (χ3n) is 3.62. The van der Waals surface area contributed by atoms with E-state index in [1.165, 1.54) is 6.07 Å². The molecule has 0 atom stereocenters. The molecule has 0 saturated heterocycles. The van der Waals surface area contributed by atoms with Gasteiger partial charge >= 0.3 is 0 Å². The first-order valence-corrected chi connectivity index (χ1v) is 7.34. The summed E-state index contributed by atoms with van der Waals surface area (Å²) >= 11 is 0. The minimum absolute atomic E-state index is 0.000520. The maximum absolute atomic E-state index is 10.2. The molecule has 118 valence electrons. The van der Waals surface area contributed by atoms with Crippen LogP contribution in [0.4, 0.5) is 0 Å². The van der Waals surface area contributed by atoms with Gasteiger partial charge in [-0.25, -0.2) is 15.0 Å². The Hall–Kier alpha value is -3.41. The van der Waals surface area contributed by atoms with Crippen LogP contribution in [0.15, 0.2) is 48.5 Å². The molecule has 0 fully saturated rings. The molecule has 0 bridgehead atoms. The highest BCUT2D eigenvalue weighted by Crippen LogP contribution is 2.34. The first-order valence-electron chi connectivity index (χ1n) is 7.34. The molecule has 2 aromatic heterocycles. The third-order valence-corrected chi connectivity index (χ3v) is 3.62. The number of phenolic OH excluding ortho intramolecular Hbond substituents is 1. The van der Waals surface area contributed by atoms with Gasteiger partial charge in [-0.2, -0.15) is 0 Å². The maximum Gasteiger partial charge on any atom is 0.284 e. The zero-order valence-corrected chi connectivity index (χ0v) is 12.8. The van der Waals surface area contributed by atoms with Gasteiger partial charge in [0.25, 0.3) is 11.8 Å². The standard InChI is InChI=1S/C18H13N3O3/c1-10-6-7-11-8-12(9-15(22)16(11)19-10)24-18-17(23)20-13-4-2-3-5-14(13)21-18/h2-9,22H,1H3,(H,20,23). The van der Waals surface area contributed by atoms with Crippen molar-refractivity contribution in [3.8, 4) is 23.3 Å². The highest BCUT2D eigenvalue weighted by atomic mass is 16.5. The number of phenols is 1. The number of aromatic hydroxyl groups is 2. The Labute approximate surface area is 137 Å². The summed E-state index contributed by atoms with van der Waals surface area (Å²) in [7, 11) is 0. The van der Waals surface area contributed by atoms with Gasteiger partial charge in [0.2, 0.25) is 0 Å². The van der Waals surface area contributed by atoms with Crippen LogP contribution in [0.3, 0.4) is 0 Å². The van der Waals surface area contributed by atoms with E-state index in [1.54, 1.807) is 18.2 Å². The summed E-state index contributed by atoms with van der Waals surface area (Å²) in [5.41, 5.74) is 2.48. The summed E-state index contributed by atoms with van der Waals surface area (Å²) < 4.78 is 5.63. The summed E-state index contributed by atoms with van der Waals surface area (Å²) in [6, 6.07) is 14.0. The molecule has 4 aromatic rings. The summed E-state index contributed by atoms with van der Waals surface area (Å²) in [5, 5.41) is 20.9. The van der Waals surface area contributed by atoms with E-state index >= 15 is 0 Å². The summed E-state index contributed by atoms with van der Waals surface area (Å²) in [6.45, 7) is 1.85. The van der Waals surface area contributed by atoms with Gasteiger partial charge in [0.05, 0.1) is 11.0 Å². The Morgan fingerprint density at radius 3 is 2.42 bits per heavy atom. The van der Waals surface area contributed by atoms with Gasteiger partial charge in [0, 0.05) is 17.1 Å². The van der Waals surface area contributed by atoms with Gasteiger partial charge in [0.15, 0.2) is 0 Å². The number of aromatic nitrogens is 3. The van der Waals surface area contributed by atoms with Crippen molar-refractivity contribution in [1.82, 2.24) is 15.0 Å². The van der Waals surface area contributed by atoms with Crippen molar-refractivity contribution in [2.45, 2.75) is 6.92 Å². The summed E-state index contributed by atoms with van der Waals surface area (Å²) in [6.07, 6.45) is 0. The van der Waals surface area contributed by atoms with Crippen molar-refractivity contribution in [2.75, 3.05) is 0 Å². The largest absolute Gasteiger partial charge is 0.506 e. The van der Waals surface area contributed by atoms with E-state index in [-0.39, 0.29) is 17.5 Å². The quantitative estimate of drug-likeness (QED) is 0.586. The van der Waals surface area contributed by atoms with Gasteiger partial charge in [-0.15, -0.1) is 0 Å². The predicted molar refractivity (Wildman–Crippen MR) is 89.4 cm³/mol. The molecule has 2 N–H and O–H groups in total. The molecule has 0 amide bonds. The normalized spacial score (nSPS) is 11.0. The maximum atomic E-state index is 10.2. The minimum Gasteiger partial charge on any atom is -0.506 e. The molecule has 0 saturated carbocycles. The van der Waals surface area contributed by atoms with Gasteiger partial charge in [-0.1, -0.05) is 18.2 Å². The van der Waals surface area contributed by atoms with Crippen LogP contribution in [-0.4, -0.2) is 25.2 Å². The van der Waals surface area contributed by atoms with Crippen molar-refractivity contribution in [3.05, 3.63) is 54.2 Å². The van der Waals surface area contributed by atoms with Crippen molar-refractivity contribution in [3.63, 3.8) is 0 Å². The number of aryl methyl sites for hydroxylation is 1. The third kappa shape index (κ3) is 2.44. The number of benzene rings is 2. The molecule has 0 aliphatic heterocycles.